The molecule has 6 nitrogen and oxygen atoms in total. The fourth-order valence-electron chi connectivity index (χ4n) is 3.27. The Kier molecular flexibility index (Phi) is 6.67. The molecule has 0 saturated carbocycles. The maximum atomic E-state index is 13.2. The summed E-state index contributed by atoms with van der Waals surface area (Å²) < 4.78 is 4.76. The summed E-state index contributed by atoms with van der Waals surface area (Å²) in [5.74, 6) is -0.508. The van der Waals surface area contributed by atoms with E-state index in [1.165, 1.54) is 7.11 Å². The minimum atomic E-state index is -0.448. The third-order valence-electron chi connectivity index (χ3n) is 4.91. The molecule has 0 aromatic heterocycles. The van der Waals surface area contributed by atoms with Crippen molar-refractivity contribution in [2.75, 3.05) is 45.7 Å². The summed E-state index contributed by atoms with van der Waals surface area (Å²) in [5.41, 5.74) is 1.99. The number of nitrogens with one attached hydrogen (secondary N) is 1. The van der Waals surface area contributed by atoms with Crippen molar-refractivity contribution in [3.05, 3.63) is 64.7 Å². The number of hydrogen-bond donors (Lipinski definition) is 1. The molecule has 2 aromatic rings. The topological polar surface area (TPSA) is 61.9 Å². The second kappa shape index (κ2) is 9.19. The molecule has 0 aliphatic carbocycles. The molecule has 1 amide bonds. The van der Waals surface area contributed by atoms with Crippen molar-refractivity contribution in [2.45, 2.75) is 6.04 Å². The van der Waals surface area contributed by atoms with E-state index in [0.29, 0.717) is 16.3 Å². The number of amides is 1. The van der Waals surface area contributed by atoms with Gasteiger partial charge in [-0.1, -0.05) is 23.7 Å². The van der Waals surface area contributed by atoms with E-state index in [4.69, 9.17) is 16.3 Å². The first-order valence-corrected chi connectivity index (χ1v) is 9.53. The van der Waals surface area contributed by atoms with Crippen LogP contribution in [0.1, 0.15) is 22.0 Å². The summed E-state index contributed by atoms with van der Waals surface area (Å²) in [5, 5.41) is 3.60. The van der Waals surface area contributed by atoms with Crippen LogP contribution in [0.3, 0.4) is 0 Å². The highest BCUT2D eigenvalue weighted by molar-refractivity contribution is 6.30. The zero-order valence-corrected chi connectivity index (χ0v) is 16.8. The highest BCUT2D eigenvalue weighted by atomic mass is 35.5. The zero-order chi connectivity index (χ0) is 20.1. The van der Waals surface area contributed by atoms with E-state index >= 15 is 0 Å². The van der Waals surface area contributed by atoms with Crippen LogP contribution in [0.2, 0.25) is 5.02 Å². The van der Waals surface area contributed by atoms with Crippen molar-refractivity contribution >= 4 is 29.2 Å². The third-order valence-corrected chi connectivity index (χ3v) is 5.16. The Bertz CT molecular complexity index is 816. The van der Waals surface area contributed by atoms with E-state index in [-0.39, 0.29) is 5.91 Å². The molecule has 1 N–H and O–H groups in total. The van der Waals surface area contributed by atoms with Crippen LogP contribution in [0.4, 0.5) is 5.69 Å². The molecule has 0 radical (unpaired) electrons. The first-order valence-electron chi connectivity index (χ1n) is 9.15. The number of rotatable bonds is 5. The number of ether oxygens (including phenoxy) is 1. The van der Waals surface area contributed by atoms with Crippen LogP contribution in [0, 0.1) is 0 Å². The third kappa shape index (κ3) is 4.90. The minimum absolute atomic E-state index is 0.113. The molecule has 0 bridgehead atoms. The van der Waals surface area contributed by atoms with Gasteiger partial charge in [0.15, 0.2) is 0 Å². The second-order valence-corrected chi connectivity index (χ2v) is 7.29. The van der Waals surface area contributed by atoms with Crippen molar-refractivity contribution in [3.8, 4) is 0 Å². The van der Waals surface area contributed by atoms with Crippen molar-refractivity contribution < 1.29 is 14.3 Å². The Labute approximate surface area is 170 Å². The van der Waals surface area contributed by atoms with Crippen molar-refractivity contribution in [2.24, 2.45) is 0 Å². The van der Waals surface area contributed by atoms with E-state index in [9.17, 15) is 9.59 Å². The van der Waals surface area contributed by atoms with Crippen molar-refractivity contribution in [1.29, 1.82) is 0 Å². The fourth-order valence-corrected chi connectivity index (χ4v) is 3.40. The molecule has 3 rings (SSSR count). The summed E-state index contributed by atoms with van der Waals surface area (Å²) in [6, 6.07) is 13.6. The minimum Gasteiger partial charge on any atom is -0.465 e. The van der Waals surface area contributed by atoms with Crippen LogP contribution < -0.4 is 5.32 Å². The lowest BCUT2D eigenvalue weighted by Gasteiger charge is -2.37. The largest absolute Gasteiger partial charge is 0.465 e. The molecule has 148 valence electrons. The lowest BCUT2D eigenvalue weighted by atomic mass is 10.0. The molecule has 1 heterocycles. The van der Waals surface area contributed by atoms with Gasteiger partial charge >= 0.3 is 5.97 Å². The summed E-state index contributed by atoms with van der Waals surface area (Å²) >= 11 is 5.93. The fraction of sp³-hybridized carbons (Fsp3) is 0.333. The first kappa shape index (κ1) is 20.3. The number of nitrogens with zero attached hydrogens (tertiary/aromatic N) is 2. The molecule has 1 atom stereocenters. The van der Waals surface area contributed by atoms with Crippen LogP contribution in [0.5, 0.6) is 0 Å². The number of piperazine rings is 1. The summed E-state index contributed by atoms with van der Waals surface area (Å²) in [6.45, 7) is 3.36. The number of halogens is 1. The number of methoxy groups -OCH3 is 1. The molecule has 1 aliphatic rings. The van der Waals surface area contributed by atoms with Crippen LogP contribution >= 0.6 is 11.6 Å². The van der Waals surface area contributed by atoms with Gasteiger partial charge in [-0.15, -0.1) is 0 Å². The number of anilines is 1. The van der Waals surface area contributed by atoms with E-state index in [0.717, 1.165) is 31.7 Å². The molecule has 1 saturated heterocycles. The number of hydrogen-bond acceptors (Lipinski definition) is 5. The van der Waals surface area contributed by atoms with Gasteiger partial charge in [-0.2, -0.15) is 0 Å². The Hall–Kier alpha value is -2.41. The SMILES string of the molecule is COC(=O)c1ccc(C(C(=O)Nc2ccc(Cl)cc2)N2CCN(C)CC2)cc1. The first-order chi connectivity index (χ1) is 13.5. The van der Waals surface area contributed by atoms with Crippen LogP contribution in [0.15, 0.2) is 48.5 Å². The summed E-state index contributed by atoms with van der Waals surface area (Å²) in [6.07, 6.45) is 0. The molecule has 1 fully saturated rings. The summed E-state index contributed by atoms with van der Waals surface area (Å²) in [7, 11) is 3.42. The molecule has 28 heavy (non-hydrogen) atoms. The van der Waals surface area contributed by atoms with Gasteiger partial charge in [-0.05, 0) is 49.0 Å². The molecule has 1 aliphatic heterocycles. The number of carbonyl (C=O) groups excluding carboxylic acids is 2. The quantitative estimate of drug-likeness (QED) is 0.780. The van der Waals surface area contributed by atoms with Gasteiger partial charge in [0, 0.05) is 36.9 Å². The Balaban J connectivity index is 1.85. The Morgan fingerprint density at radius 3 is 2.18 bits per heavy atom. The molecular formula is C21H24ClN3O3. The number of benzene rings is 2. The second-order valence-electron chi connectivity index (χ2n) is 6.85. The standard InChI is InChI=1S/C21H24ClN3O3/c1-24-11-13-25(14-12-24)19(15-3-5-16(6-4-15)21(27)28-2)20(26)23-18-9-7-17(22)8-10-18/h3-10,19H,11-14H2,1-2H3,(H,23,26). The average Bonchev–Trinajstić information content (AvgIpc) is 2.71. The number of carbonyl (C=O) groups is 2. The maximum Gasteiger partial charge on any atom is 0.337 e. The highest BCUT2D eigenvalue weighted by Gasteiger charge is 2.30. The smallest absolute Gasteiger partial charge is 0.337 e. The molecule has 2 aromatic carbocycles. The van der Waals surface area contributed by atoms with E-state index in [1.54, 1.807) is 36.4 Å². The predicted octanol–water partition coefficient (Wildman–Crippen LogP) is 3.05. The molecule has 1 unspecified atom stereocenters. The van der Waals surface area contributed by atoms with Gasteiger partial charge in [0.25, 0.3) is 0 Å². The predicted molar refractivity (Wildman–Crippen MR) is 110 cm³/mol. The molecule has 7 heteroatoms. The Morgan fingerprint density at radius 1 is 1.00 bits per heavy atom. The van der Waals surface area contributed by atoms with Crippen molar-refractivity contribution in [3.63, 3.8) is 0 Å². The molecule has 0 spiro atoms. The van der Waals surface area contributed by atoms with Gasteiger partial charge in [0.05, 0.1) is 12.7 Å². The van der Waals surface area contributed by atoms with Crippen LogP contribution in [-0.2, 0) is 9.53 Å². The van der Waals surface area contributed by atoms with Gasteiger partial charge in [-0.3, -0.25) is 9.69 Å². The average molecular weight is 402 g/mol. The normalized spacial score (nSPS) is 16.4. The summed E-state index contributed by atoms with van der Waals surface area (Å²) in [4.78, 5) is 29.3. The number of likely N-dealkylation sites (N-methyl/N-ethyl adjacent to an activating group) is 1. The molecular weight excluding hydrogens is 378 g/mol. The van der Waals surface area contributed by atoms with Gasteiger partial charge in [-0.25, -0.2) is 4.79 Å². The van der Waals surface area contributed by atoms with Gasteiger partial charge in [0.1, 0.15) is 6.04 Å². The number of esters is 1. The van der Waals surface area contributed by atoms with Crippen molar-refractivity contribution in [1.82, 2.24) is 9.80 Å². The van der Waals surface area contributed by atoms with E-state index < -0.39 is 12.0 Å². The monoisotopic (exact) mass is 401 g/mol. The maximum absolute atomic E-state index is 13.2. The zero-order valence-electron chi connectivity index (χ0n) is 16.0. The lowest BCUT2D eigenvalue weighted by Crippen LogP contribution is -2.48. The Morgan fingerprint density at radius 2 is 1.61 bits per heavy atom. The lowest BCUT2D eigenvalue weighted by molar-refractivity contribution is -0.122. The van der Waals surface area contributed by atoms with Crippen LogP contribution in [-0.4, -0.2) is 62.0 Å². The van der Waals surface area contributed by atoms with Crippen LogP contribution in [0.25, 0.3) is 0 Å². The van der Waals surface area contributed by atoms with Gasteiger partial charge < -0.3 is 15.0 Å². The highest BCUT2D eigenvalue weighted by Crippen LogP contribution is 2.25. The van der Waals surface area contributed by atoms with Gasteiger partial charge in [0.2, 0.25) is 5.91 Å². The van der Waals surface area contributed by atoms with E-state index in [2.05, 4.69) is 22.2 Å². The van der Waals surface area contributed by atoms with E-state index in [1.807, 2.05) is 12.1 Å².